The van der Waals surface area contributed by atoms with Crippen molar-refractivity contribution in [1.29, 1.82) is 0 Å². The van der Waals surface area contributed by atoms with Gasteiger partial charge in [0, 0.05) is 32.2 Å². The zero-order chi connectivity index (χ0) is 13.1. The number of pyridine rings is 1. The fraction of sp³-hybridized carbons (Fsp3) is 0.538. The molecule has 0 atom stereocenters. The molecule has 2 heterocycles. The van der Waals surface area contributed by atoms with Crippen LogP contribution >= 0.6 is 24.8 Å². The lowest BCUT2D eigenvalue weighted by Crippen LogP contribution is -2.50. The van der Waals surface area contributed by atoms with Gasteiger partial charge >= 0.3 is 0 Å². The second kappa shape index (κ2) is 8.29. The van der Waals surface area contributed by atoms with Crippen LogP contribution < -0.4 is 5.73 Å². The third-order valence-corrected chi connectivity index (χ3v) is 3.34. The van der Waals surface area contributed by atoms with Gasteiger partial charge in [0.25, 0.3) is 5.91 Å². The summed E-state index contributed by atoms with van der Waals surface area (Å²) in [6.07, 6.45) is 1.53. The van der Waals surface area contributed by atoms with E-state index in [-0.39, 0.29) is 30.7 Å². The summed E-state index contributed by atoms with van der Waals surface area (Å²) in [4.78, 5) is 20.5. The molecule has 0 saturated carbocycles. The Bertz CT molecular complexity index is 417. The Morgan fingerprint density at radius 3 is 2.25 bits per heavy atom. The van der Waals surface area contributed by atoms with Crippen molar-refractivity contribution in [3.05, 3.63) is 24.0 Å². The summed E-state index contributed by atoms with van der Waals surface area (Å²) in [5, 5.41) is 0. The molecule has 2 N–H and O–H groups in total. The van der Waals surface area contributed by atoms with Gasteiger partial charge in [-0.25, -0.2) is 4.98 Å². The number of hydrogen-bond acceptors (Lipinski definition) is 4. The number of hydrogen-bond donors (Lipinski definition) is 1. The molecule has 0 aromatic carbocycles. The molecule has 1 aromatic rings. The Kier molecular flexibility index (Phi) is 7.86. The molecule has 0 spiro atoms. The van der Waals surface area contributed by atoms with E-state index in [4.69, 9.17) is 5.73 Å². The maximum Gasteiger partial charge on any atom is 0.272 e. The highest BCUT2D eigenvalue weighted by atomic mass is 35.5. The molecule has 114 valence electrons. The first-order valence-electron chi connectivity index (χ1n) is 6.33. The summed E-state index contributed by atoms with van der Waals surface area (Å²) >= 11 is 0. The number of nitrogen functional groups attached to an aromatic ring is 1. The van der Waals surface area contributed by atoms with E-state index in [9.17, 15) is 4.79 Å². The predicted octanol–water partition coefficient (Wildman–Crippen LogP) is 1.67. The molecule has 1 fully saturated rings. The van der Waals surface area contributed by atoms with E-state index in [1.54, 1.807) is 12.1 Å². The molecule has 1 aliphatic heterocycles. The van der Waals surface area contributed by atoms with Crippen LogP contribution in [0.4, 0.5) is 5.69 Å². The molecule has 0 bridgehead atoms. The van der Waals surface area contributed by atoms with E-state index in [1.165, 1.54) is 6.20 Å². The van der Waals surface area contributed by atoms with Crippen LogP contribution in [0.25, 0.3) is 0 Å². The Morgan fingerprint density at radius 1 is 1.20 bits per heavy atom. The Labute approximate surface area is 132 Å². The van der Waals surface area contributed by atoms with Crippen molar-refractivity contribution in [1.82, 2.24) is 14.8 Å². The van der Waals surface area contributed by atoms with Gasteiger partial charge in [0.15, 0.2) is 0 Å². The molecule has 1 aliphatic rings. The zero-order valence-electron chi connectivity index (χ0n) is 11.8. The van der Waals surface area contributed by atoms with Crippen molar-refractivity contribution in [2.75, 3.05) is 31.9 Å². The largest absolute Gasteiger partial charge is 0.397 e. The van der Waals surface area contributed by atoms with Crippen molar-refractivity contribution in [2.24, 2.45) is 0 Å². The van der Waals surface area contributed by atoms with Gasteiger partial charge in [-0.3, -0.25) is 9.69 Å². The number of rotatable bonds is 2. The minimum absolute atomic E-state index is 0. The van der Waals surface area contributed by atoms with Crippen LogP contribution in [0.1, 0.15) is 24.3 Å². The lowest BCUT2D eigenvalue weighted by atomic mass is 10.2. The average Bonchev–Trinajstić information content (AvgIpc) is 2.39. The number of nitrogens with two attached hydrogens (primary N) is 1. The summed E-state index contributed by atoms with van der Waals surface area (Å²) in [5.74, 6) is -0.00148. The quantitative estimate of drug-likeness (QED) is 0.900. The minimum atomic E-state index is -0.00148. The fourth-order valence-electron chi connectivity index (χ4n) is 2.14. The highest BCUT2D eigenvalue weighted by molar-refractivity contribution is 5.92. The second-order valence-electron chi connectivity index (χ2n) is 4.90. The van der Waals surface area contributed by atoms with E-state index in [0.29, 0.717) is 17.4 Å². The van der Waals surface area contributed by atoms with Crippen molar-refractivity contribution in [2.45, 2.75) is 19.9 Å². The van der Waals surface area contributed by atoms with Crippen LogP contribution in [-0.2, 0) is 0 Å². The number of nitrogens with zero attached hydrogens (tertiary/aromatic N) is 3. The average molecular weight is 321 g/mol. The first kappa shape index (κ1) is 19.0. The molecule has 7 heteroatoms. The lowest BCUT2D eigenvalue weighted by Gasteiger charge is -2.36. The number of anilines is 1. The van der Waals surface area contributed by atoms with Gasteiger partial charge in [0.05, 0.1) is 11.9 Å². The first-order chi connectivity index (χ1) is 8.58. The van der Waals surface area contributed by atoms with E-state index >= 15 is 0 Å². The summed E-state index contributed by atoms with van der Waals surface area (Å²) in [6.45, 7) is 7.75. The Morgan fingerprint density at radius 2 is 1.80 bits per heavy atom. The SMILES string of the molecule is CC(C)N1CCN(C(=O)c2ccc(N)cn2)CC1.Cl.Cl. The number of piperazine rings is 1. The number of aromatic nitrogens is 1. The lowest BCUT2D eigenvalue weighted by molar-refractivity contribution is 0.0590. The van der Waals surface area contributed by atoms with E-state index < -0.39 is 0 Å². The van der Waals surface area contributed by atoms with Crippen LogP contribution in [0, 0.1) is 0 Å². The monoisotopic (exact) mass is 320 g/mol. The van der Waals surface area contributed by atoms with Crippen molar-refractivity contribution in [3.8, 4) is 0 Å². The summed E-state index contributed by atoms with van der Waals surface area (Å²) in [7, 11) is 0. The zero-order valence-corrected chi connectivity index (χ0v) is 13.4. The first-order valence-corrected chi connectivity index (χ1v) is 6.33. The molecule has 2 rings (SSSR count). The van der Waals surface area contributed by atoms with E-state index in [1.807, 2.05) is 4.90 Å². The number of halogens is 2. The van der Waals surface area contributed by atoms with Crippen molar-refractivity contribution in [3.63, 3.8) is 0 Å². The highest BCUT2D eigenvalue weighted by Gasteiger charge is 2.23. The minimum Gasteiger partial charge on any atom is -0.397 e. The van der Waals surface area contributed by atoms with Gasteiger partial charge in [-0.05, 0) is 26.0 Å². The van der Waals surface area contributed by atoms with Gasteiger partial charge < -0.3 is 10.6 Å². The van der Waals surface area contributed by atoms with Gasteiger partial charge in [-0.2, -0.15) is 0 Å². The van der Waals surface area contributed by atoms with Crippen LogP contribution in [0.3, 0.4) is 0 Å². The topological polar surface area (TPSA) is 62.5 Å². The van der Waals surface area contributed by atoms with E-state index in [2.05, 4.69) is 23.7 Å². The molecular weight excluding hydrogens is 299 g/mol. The number of carbonyl (C=O) groups is 1. The molecule has 1 aromatic heterocycles. The molecule has 0 radical (unpaired) electrons. The second-order valence-corrected chi connectivity index (χ2v) is 4.90. The maximum atomic E-state index is 12.2. The normalized spacial score (nSPS) is 15.4. The smallest absolute Gasteiger partial charge is 0.272 e. The molecule has 1 amide bonds. The molecule has 5 nitrogen and oxygen atoms in total. The van der Waals surface area contributed by atoms with Crippen LogP contribution in [0.15, 0.2) is 18.3 Å². The highest BCUT2D eigenvalue weighted by Crippen LogP contribution is 2.10. The summed E-state index contributed by atoms with van der Waals surface area (Å²) < 4.78 is 0. The van der Waals surface area contributed by atoms with Crippen LogP contribution in [0.5, 0.6) is 0 Å². The number of carbonyl (C=O) groups excluding carboxylic acids is 1. The van der Waals surface area contributed by atoms with Crippen molar-refractivity contribution >= 4 is 36.4 Å². The Hall–Kier alpha value is -1.04. The van der Waals surface area contributed by atoms with Gasteiger partial charge in [0.1, 0.15) is 5.69 Å². The van der Waals surface area contributed by atoms with Crippen LogP contribution in [-0.4, -0.2) is 52.9 Å². The third kappa shape index (κ3) is 4.51. The molecule has 0 unspecified atom stereocenters. The fourth-order valence-corrected chi connectivity index (χ4v) is 2.14. The maximum absolute atomic E-state index is 12.2. The predicted molar refractivity (Wildman–Crippen MR) is 85.8 cm³/mol. The van der Waals surface area contributed by atoms with Gasteiger partial charge in [-0.1, -0.05) is 0 Å². The van der Waals surface area contributed by atoms with E-state index in [0.717, 1.165) is 26.2 Å². The van der Waals surface area contributed by atoms with Gasteiger partial charge in [-0.15, -0.1) is 24.8 Å². The standard InChI is InChI=1S/C13H20N4O.2ClH/c1-10(2)16-5-7-17(8-6-16)13(18)12-4-3-11(14)9-15-12;;/h3-4,9-10H,5-8,14H2,1-2H3;2*1H. The Balaban J connectivity index is 0.00000180. The molecular formula is C13H22Cl2N4O. The molecule has 0 aliphatic carbocycles. The van der Waals surface area contributed by atoms with Gasteiger partial charge in [0.2, 0.25) is 0 Å². The number of amides is 1. The van der Waals surface area contributed by atoms with Crippen LogP contribution in [0.2, 0.25) is 0 Å². The molecule has 1 saturated heterocycles. The summed E-state index contributed by atoms with van der Waals surface area (Å²) in [6, 6.07) is 3.94. The third-order valence-electron chi connectivity index (χ3n) is 3.34. The van der Waals surface area contributed by atoms with Crippen molar-refractivity contribution < 1.29 is 4.79 Å². The summed E-state index contributed by atoms with van der Waals surface area (Å²) in [5.41, 5.74) is 6.62. The molecule has 20 heavy (non-hydrogen) atoms.